The molecule has 0 atom stereocenters. The van der Waals surface area contributed by atoms with E-state index in [2.05, 4.69) is 6.07 Å². The van der Waals surface area contributed by atoms with Gasteiger partial charge in [0, 0.05) is 0 Å². The van der Waals surface area contributed by atoms with Gasteiger partial charge < -0.3 is 19.7 Å². The monoisotopic (exact) mass is 236 g/mol. The fourth-order valence-electron chi connectivity index (χ4n) is 2.30. The fraction of sp³-hybridized carbons (Fsp3) is 0.538. The lowest BCUT2D eigenvalue weighted by Gasteiger charge is -2.36. The van der Waals surface area contributed by atoms with Crippen LogP contribution < -0.4 is 9.47 Å². The summed E-state index contributed by atoms with van der Waals surface area (Å²) in [5.74, 6) is 1.96. The maximum atomic E-state index is 11.1. The van der Waals surface area contributed by atoms with Gasteiger partial charge in [-0.05, 0) is 49.5 Å². The number of nitrogens with zero attached hydrogens (tertiary/aromatic N) is 1. The number of hydrogen-bond acceptors (Lipinski definition) is 4. The molecule has 0 bridgehead atoms. The molecule has 0 amide bonds. The van der Waals surface area contributed by atoms with Crippen LogP contribution in [0.25, 0.3) is 0 Å². The highest BCUT2D eigenvalue weighted by Crippen LogP contribution is 2.34. The molecule has 0 N–H and O–H groups in total. The molecular weight excluding hydrogens is 218 g/mol. The summed E-state index contributed by atoms with van der Waals surface area (Å²) in [6, 6.07) is 6.01. The first-order valence-electron chi connectivity index (χ1n) is 5.88. The molecule has 0 radical (unpaired) electrons. The summed E-state index contributed by atoms with van der Waals surface area (Å²) < 4.78 is 10.5. The van der Waals surface area contributed by atoms with E-state index in [4.69, 9.17) is 9.47 Å². The zero-order valence-corrected chi connectivity index (χ0v) is 10.3. The smallest absolute Gasteiger partial charge is 0.160 e. The standard InChI is InChI=1S/C13H18NO3/c1-16-12-4-3-11(9-13(12)17-2)10-5-7-14(15)8-6-10/h3-4,9-10H,5-8H2,1-2H3/q-1. The molecular formula is C13H18NO3-. The summed E-state index contributed by atoms with van der Waals surface area (Å²) in [5, 5.41) is 12.3. The van der Waals surface area contributed by atoms with Gasteiger partial charge in [0.1, 0.15) is 0 Å². The lowest BCUT2D eigenvalue weighted by atomic mass is 9.90. The highest BCUT2D eigenvalue weighted by atomic mass is 16.5. The maximum Gasteiger partial charge on any atom is 0.160 e. The molecule has 1 fully saturated rings. The van der Waals surface area contributed by atoms with E-state index in [-0.39, 0.29) is 0 Å². The van der Waals surface area contributed by atoms with Crippen LogP contribution in [0.15, 0.2) is 18.2 Å². The predicted molar refractivity (Wildman–Crippen MR) is 66.5 cm³/mol. The third kappa shape index (κ3) is 2.70. The Kier molecular flexibility index (Phi) is 3.86. The van der Waals surface area contributed by atoms with E-state index in [0.717, 1.165) is 29.4 Å². The Balaban J connectivity index is 2.16. The largest absolute Gasteiger partial charge is 0.785 e. The van der Waals surface area contributed by atoms with Gasteiger partial charge in [-0.3, -0.25) is 0 Å². The van der Waals surface area contributed by atoms with Crippen LogP contribution in [0, 0.1) is 5.21 Å². The molecule has 4 nitrogen and oxygen atoms in total. The first kappa shape index (κ1) is 12.2. The van der Waals surface area contributed by atoms with Crippen LogP contribution in [0.5, 0.6) is 11.5 Å². The van der Waals surface area contributed by atoms with Crippen molar-refractivity contribution in [1.82, 2.24) is 5.06 Å². The van der Waals surface area contributed by atoms with Gasteiger partial charge in [0.15, 0.2) is 11.5 Å². The molecule has 1 aromatic rings. The van der Waals surface area contributed by atoms with Gasteiger partial charge in [-0.25, -0.2) is 0 Å². The average Bonchev–Trinajstić information content (AvgIpc) is 2.39. The predicted octanol–water partition coefficient (Wildman–Crippen LogP) is 2.38. The van der Waals surface area contributed by atoms with E-state index in [1.165, 1.54) is 5.56 Å². The van der Waals surface area contributed by atoms with E-state index < -0.39 is 0 Å². The molecule has 1 saturated heterocycles. The fourth-order valence-corrected chi connectivity index (χ4v) is 2.30. The van der Waals surface area contributed by atoms with Crippen LogP contribution in [0.3, 0.4) is 0 Å². The van der Waals surface area contributed by atoms with Crippen molar-refractivity contribution in [2.75, 3.05) is 27.3 Å². The lowest BCUT2D eigenvalue weighted by Crippen LogP contribution is -2.27. The molecule has 2 rings (SSSR count). The van der Waals surface area contributed by atoms with Gasteiger partial charge in [-0.15, -0.1) is 0 Å². The van der Waals surface area contributed by atoms with Crippen molar-refractivity contribution in [2.45, 2.75) is 18.8 Å². The molecule has 0 aliphatic carbocycles. The number of rotatable bonds is 3. The first-order chi connectivity index (χ1) is 8.24. The number of benzene rings is 1. The van der Waals surface area contributed by atoms with Crippen LogP contribution in [0.4, 0.5) is 0 Å². The molecule has 1 heterocycles. The number of piperidine rings is 1. The Morgan fingerprint density at radius 3 is 2.35 bits per heavy atom. The summed E-state index contributed by atoms with van der Waals surface area (Å²) in [6.07, 6.45) is 1.83. The topological polar surface area (TPSA) is 44.8 Å². The van der Waals surface area contributed by atoms with Crippen LogP contribution in [0.1, 0.15) is 24.3 Å². The van der Waals surface area contributed by atoms with Crippen molar-refractivity contribution in [3.05, 3.63) is 29.0 Å². The molecule has 0 spiro atoms. The van der Waals surface area contributed by atoms with E-state index in [1.807, 2.05) is 12.1 Å². The van der Waals surface area contributed by atoms with Gasteiger partial charge in [0.2, 0.25) is 0 Å². The SMILES string of the molecule is COc1ccc(C2CCN([O-])CC2)cc1OC. The number of hydroxylamine groups is 2. The third-order valence-corrected chi connectivity index (χ3v) is 3.33. The van der Waals surface area contributed by atoms with Crippen LogP contribution in [0.2, 0.25) is 0 Å². The molecule has 0 saturated carbocycles. The van der Waals surface area contributed by atoms with Crippen molar-refractivity contribution >= 4 is 0 Å². The minimum atomic E-state index is 0.458. The molecule has 0 unspecified atom stereocenters. The minimum Gasteiger partial charge on any atom is -0.785 e. The maximum absolute atomic E-state index is 11.1. The molecule has 0 aromatic heterocycles. The Labute approximate surface area is 102 Å². The second-order valence-corrected chi connectivity index (χ2v) is 4.32. The van der Waals surface area contributed by atoms with E-state index >= 15 is 0 Å². The number of methoxy groups -OCH3 is 2. The van der Waals surface area contributed by atoms with Crippen molar-refractivity contribution in [1.29, 1.82) is 0 Å². The number of hydrogen-bond donors (Lipinski definition) is 0. The van der Waals surface area contributed by atoms with E-state index in [9.17, 15) is 5.21 Å². The van der Waals surface area contributed by atoms with Gasteiger partial charge in [0.25, 0.3) is 0 Å². The van der Waals surface area contributed by atoms with Crippen molar-refractivity contribution in [2.24, 2.45) is 0 Å². The second kappa shape index (κ2) is 5.38. The highest BCUT2D eigenvalue weighted by molar-refractivity contribution is 5.44. The molecule has 94 valence electrons. The van der Waals surface area contributed by atoms with E-state index in [0.29, 0.717) is 19.0 Å². The first-order valence-corrected chi connectivity index (χ1v) is 5.88. The van der Waals surface area contributed by atoms with Gasteiger partial charge in [-0.1, -0.05) is 6.07 Å². The third-order valence-electron chi connectivity index (χ3n) is 3.33. The average molecular weight is 236 g/mol. The Morgan fingerprint density at radius 2 is 1.76 bits per heavy atom. The van der Waals surface area contributed by atoms with Crippen LogP contribution in [-0.4, -0.2) is 32.4 Å². The second-order valence-electron chi connectivity index (χ2n) is 4.32. The van der Waals surface area contributed by atoms with Gasteiger partial charge >= 0.3 is 0 Å². The molecule has 1 aromatic carbocycles. The van der Waals surface area contributed by atoms with Gasteiger partial charge in [0.05, 0.1) is 14.2 Å². The summed E-state index contributed by atoms with van der Waals surface area (Å²) in [6.45, 7) is 1.25. The van der Waals surface area contributed by atoms with Crippen molar-refractivity contribution in [3.63, 3.8) is 0 Å². The molecule has 17 heavy (non-hydrogen) atoms. The summed E-state index contributed by atoms with van der Waals surface area (Å²) in [5.41, 5.74) is 1.23. The van der Waals surface area contributed by atoms with Crippen LogP contribution in [-0.2, 0) is 0 Å². The quantitative estimate of drug-likeness (QED) is 0.808. The normalized spacial score (nSPS) is 18.1. The van der Waals surface area contributed by atoms with Crippen LogP contribution >= 0.6 is 0 Å². The highest BCUT2D eigenvalue weighted by Gasteiger charge is 2.17. The molecule has 4 heteroatoms. The summed E-state index contributed by atoms with van der Waals surface area (Å²) >= 11 is 0. The number of ether oxygens (including phenoxy) is 2. The van der Waals surface area contributed by atoms with Gasteiger partial charge in [-0.2, -0.15) is 0 Å². The van der Waals surface area contributed by atoms with Crippen molar-refractivity contribution in [3.8, 4) is 11.5 Å². The minimum absolute atomic E-state index is 0.458. The Hall–Kier alpha value is -1.26. The molecule has 1 aliphatic heterocycles. The Bertz CT molecular complexity index is 373. The zero-order valence-electron chi connectivity index (χ0n) is 10.3. The summed E-state index contributed by atoms with van der Waals surface area (Å²) in [7, 11) is 3.27. The lowest BCUT2D eigenvalue weighted by molar-refractivity contribution is 0.284. The molecule has 1 aliphatic rings. The van der Waals surface area contributed by atoms with E-state index in [1.54, 1.807) is 14.2 Å². The van der Waals surface area contributed by atoms with Crippen molar-refractivity contribution < 1.29 is 9.47 Å². The zero-order chi connectivity index (χ0) is 12.3. The summed E-state index contributed by atoms with van der Waals surface area (Å²) in [4.78, 5) is 0. The Morgan fingerprint density at radius 1 is 1.12 bits per heavy atom.